The number of nitrogens with two attached hydrogens (primary N) is 1. The number of hydrogen-bond donors (Lipinski definition) is 1. The number of anilines is 2. The van der Waals surface area contributed by atoms with Crippen LogP contribution in [0.5, 0.6) is 0 Å². The Morgan fingerprint density at radius 3 is 2.42 bits per heavy atom. The van der Waals surface area contributed by atoms with E-state index in [1.54, 1.807) is 0 Å². The van der Waals surface area contributed by atoms with Crippen molar-refractivity contribution < 1.29 is 0 Å². The molecule has 0 spiro atoms. The second kappa shape index (κ2) is 5.63. The van der Waals surface area contributed by atoms with Crippen molar-refractivity contribution in [1.29, 1.82) is 0 Å². The number of aromatic nitrogens is 2. The minimum absolute atomic E-state index is 0.0885. The number of hydrogen-bond acceptors (Lipinski definition) is 4. The molecule has 0 saturated carbocycles. The molecular formula is C13H14Cl2N4. The van der Waals surface area contributed by atoms with Crippen LogP contribution in [0.25, 0.3) is 0 Å². The maximum Gasteiger partial charge on any atom is 0.157 e. The first-order chi connectivity index (χ1) is 9.00. The van der Waals surface area contributed by atoms with Gasteiger partial charge in [-0.15, -0.1) is 0 Å². The Labute approximate surface area is 122 Å². The number of benzene rings is 1. The highest BCUT2D eigenvalue weighted by atomic mass is 35.5. The summed E-state index contributed by atoms with van der Waals surface area (Å²) in [5.41, 5.74) is 7.40. The molecule has 1 aromatic carbocycles. The first-order valence-corrected chi connectivity index (χ1v) is 6.50. The summed E-state index contributed by atoms with van der Waals surface area (Å²) in [6.07, 6.45) is 1.40. The van der Waals surface area contributed by atoms with Crippen molar-refractivity contribution in [3.8, 4) is 0 Å². The van der Waals surface area contributed by atoms with Crippen LogP contribution in [0.4, 0.5) is 11.5 Å². The molecular weight excluding hydrogens is 283 g/mol. The van der Waals surface area contributed by atoms with Gasteiger partial charge in [-0.3, -0.25) is 0 Å². The van der Waals surface area contributed by atoms with E-state index in [9.17, 15) is 0 Å². The van der Waals surface area contributed by atoms with E-state index in [-0.39, 0.29) is 11.2 Å². The molecule has 2 rings (SSSR count). The SMILES string of the molecule is CC(c1ccc(Cl)cc1)N(C)c1ncnc(Cl)c1N. The first kappa shape index (κ1) is 13.9. The lowest BCUT2D eigenvalue weighted by Crippen LogP contribution is -2.24. The van der Waals surface area contributed by atoms with Crippen LogP contribution in [0.2, 0.25) is 10.2 Å². The zero-order valence-electron chi connectivity index (χ0n) is 10.6. The average Bonchev–Trinajstić information content (AvgIpc) is 2.41. The van der Waals surface area contributed by atoms with Crippen LogP contribution in [-0.2, 0) is 0 Å². The molecule has 4 nitrogen and oxygen atoms in total. The maximum absolute atomic E-state index is 5.91. The van der Waals surface area contributed by atoms with Gasteiger partial charge in [0.2, 0.25) is 0 Å². The van der Waals surface area contributed by atoms with Crippen LogP contribution in [0.3, 0.4) is 0 Å². The van der Waals surface area contributed by atoms with Gasteiger partial charge < -0.3 is 10.6 Å². The number of nitrogens with zero attached hydrogens (tertiary/aromatic N) is 3. The molecule has 0 aliphatic heterocycles. The zero-order valence-corrected chi connectivity index (χ0v) is 12.2. The predicted molar refractivity (Wildman–Crippen MR) is 79.7 cm³/mol. The highest BCUT2D eigenvalue weighted by Gasteiger charge is 2.17. The van der Waals surface area contributed by atoms with Crippen molar-refractivity contribution >= 4 is 34.7 Å². The minimum atomic E-state index is 0.0885. The molecule has 0 fully saturated rings. The number of nitrogen functional groups attached to an aromatic ring is 1. The van der Waals surface area contributed by atoms with Gasteiger partial charge in [-0.25, -0.2) is 9.97 Å². The quantitative estimate of drug-likeness (QED) is 0.880. The summed E-state index contributed by atoms with van der Waals surface area (Å²) in [7, 11) is 1.91. The fraction of sp³-hybridized carbons (Fsp3) is 0.231. The molecule has 0 radical (unpaired) electrons. The van der Waals surface area contributed by atoms with Crippen LogP contribution in [-0.4, -0.2) is 17.0 Å². The molecule has 0 aliphatic carbocycles. The Bertz CT molecular complexity index is 571. The number of rotatable bonds is 3. The summed E-state index contributed by atoms with van der Waals surface area (Å²) < 4.78 is 0. The van der Waals surface area contributed by atoms with Crippen LogP contribution in [0.15, 0.2) is 30.6 Å². The van der Waals surface area contributed by atoms with E-state index < -0.39 is 0 Å². The lowest BCUT2D eigenvalue weighted by atomic mass is 10.1. The van der Waals surface area contributed by atoms with Crippen molar-refractivity contribution in [1.82, 2.24) is 9.97 Å². The maximum atomic E-state index is 5.91. The third-order valence-electron chi connectivity index (χ3n) is 3.08. The van der Waals surface area contributed by atoms with Crippen LogP contribution < -0.4 is 10.6 Å². The highest BCUT2D eigenvalue weighted by Crippen LogP contribution is 2.31. The molecule has 1 atom stereocenters. The smallest absolute Gasteiger partial charge is 0.157 e. The average molecular weight is 297 g/mol. The van der Waals surface area contributed by atoms with Gasteiger partial charge in [0.25, 0.3) is 0 Å². The molecule has 0 bridgehead atoms. The Morgan fingerprint density at radius 1 is 1.16 bits per heavy atom. The summed E-state index contributed by atoms with van der Waals surface area (Å²) in [5, 5.41) is 0.975. The van der Waals surface area contributed by atoms with E-state index in [2.05, 4.69) is 16.9 Å². The first-order valence-electron chi connectivity index (χ1n) is 5.75. The fourth-order valence-corrected chi connectivity index (χ4v) is 2.05. The fourth-order valence-electron chi connectivity index (χ4n) is 1.79. The van der Waals surface area contributed by atoms with Gasteiger partial charge in [0, 0.05) is 12.1 Å². The van der Waals surface area contributed by atoms with Gasteiger partial charge >= 0.3 is 0 Å². The van der Waals surface area contributed by atoms with Gasteiger partial charge in [-0.2, -0.15) is 0 Å². The Kier molecular flexibility index (Phi) is 4.12. The zero-order chi connectivity index (χ0) is 14.0. The van der Waals surface area contributed by atoms with Crippen LogP contribution in [0.1, 0.15) is 18.5 Å². The van der Waals surface area contributed by atoms with Crippen molar-refractivity contribution in [2.45, 2.75) is 13.0 Å². The monoisotopic (exact) mass is 296 g/mol. The lowest BCUT2D eigenvalue weighted by Gasteiger charge is -2.27. The van der Waals surface area contributed by atoms with Crippen molar-refractivity contribution in [3.63, 3.8) is 0 Å². The van der Waals surface area contributed by atoms with E-state index in [0.717, 1.165) is 5.56 Å². The topological polar surface area (TPSA) is 55.0 Å². The second-order valence-corrected chi connectivity index (χ2v) is 5.03. The van der Waals surface area contributed by atoms with Crippen molar-refractivity contribution in [3.05, 3.63) is 46.3 Å². The summed E-state index contributed by atoms with van der Waals surface area (Å²) in [4.78, 5) is 9.98. The summed E-state index contributed by atoms with van der Waals surface area (Å²) in [6, 6.07) is 7.76. The molecule has 2 N–H and O–H groups in total. The molecule has 0 aliphatic rings. The van der Waals surface area contributed by atoms with E-state index in [1.165, 1.54) is 6.33 Å². The Balaban J connectivity index is 2.30. The normalized spacial score (nSPS) is 12.2. The van der Waals surface area contributed by atoms with Crippen LogP contribution >= 0.6 is 23.2 Å². The lowest BCUT2D eigenvalue weighted by molar-refractivity contribution is 0.728. The molecule has 1 heterocycles. The molecule has 100 valence electrons. The number of halogens is 2. The molecule has 6 heteroatoms. The van der Waals surface area contributed by atoms with Gasteiger partial charge in [0.05, 0.1) is 6.04 Å². The summed E-state index contributed by atoms with van der Waals surface area (Å²) >= 11 is 11.8. The van der Waals surface area contributed by atoms with E-state index in [4.69, 9.17) is 28.9 Å². The van der Waals surface area contributed by atoms with Crippen LogP contribution in [0, 0.1) is 0 Å². The van der Waals surface area contributed by atoms with E-state index in [0.29, 0.717) is 16.5 Å². The molecule has 0 amide bonds. The third kappa shape index (κ3) is 2.91. The van der Waals surface area contributed by atoms with Gasteiger partial charge in [0.15, 0.2) is 11.0 Å². The third-order valence-corrected chi connectivity index (χ3v) is 3.63. The second-order valence-electron chi connectivity index (χ2n) is 4.24. The molecule has 0 saturated heterocycles. The van der Waals surface area contributed by atoms with Crippen molar-refractivity contribution in [2.24, 2.45) is 0 Å². The summed E-state index contributed by atoms with van der Waals surface area (Å²) in [5.74, 6) is 0.613. The standard InChI is InChI=1S/C13H14Cl2N4/c1-8(9-3-5-10(14)6-4-9)19(2)13-11(16)12(15)17-7-18-13/h3-8H,16H2,1-2H3. The van der Waals surface area contributed by atoms with E-state index >= 15 is 0 Å². The largest absolute Gasteiger partial charge is 0.393 e. The predicted octanol–water partition coefficient (Wildman–Crippen LogP) is 3.56. The molecule has 1 aromatic heterocycles. The van der Waals surface area contributed by atoms with Gasteiger partial charge in [0.1, 0.15) is 12.0 Å². The Morgan fingerprint density at radius 2 is 1.79 bits per heavy atom. The molecule has 19 heavy (non-hydrogen) atoms. The molecule has 1 unspecified atom stereocenters. The summed E-state index contributed by atoms with van der Waals surface area (Å²) in [6.45, 7) is 2.05. The van der Waals surface area contributed by atoms with Gasteiger partial charge in [-0.05, 0) is 24.6 Å². The van der Waals surface area contributed by atoms with Crippen molar-refractivity contribution in [2.75, 3.05) is 17.7 Å². The highest BCUT2D eigenvalue weighted by molar-refractivity contribution is 6.32. The Hall–Kier alpha value is -1.52. The van der Waals surface area contributed by atoms with Gasteiger partial charge in [-0.1, -0.05) is 35.3 Å². The minimum Gasteiger partial charge on any atom is -0.393 e. The molecule has 2 aromatic rings. The van der Waals surface area contributed by atoms with E-state index in [1.807, 2.05) is 36.2 Å².